The predicted molar refractivity (Wildman–Crippen MR) is 102 cm³/mol. The molecule has 11 heteroatoms. The standard InChI is InChI=1S/C16H22N6O3S.ClH/c1-12-19-15(21-20-12)11-18-16(23)13-3-5-14(6-4-13)26(24,25)22-9-2-7-17-8-10-22;/h3-6,17H,2,7-11H2,1H3,(H,18,23)(H,19,20,21);1H. The molecule has 0 saturated carbocycles. The molecule has 2 heterocycles. The first-order valence-corrected chi connectivity index (χ1v) is 9.88. The molecule has 1 amide bonds. The van der Waals surface area contributed by atoms with Crippen LogP contribution in [0.3, 0.4) is 0 Å². The summed E-state index contributed by atoms with van der Waals surface area (Å²) in [6.07, 6.45) is 0.778. The van der Waals surface area contributed by atoms with Gasteiger partial charge in [0.2, 0.25) is 10.0 Å². The fourth-order valence-electron chi connectivity index (χ4n) is 2.72. The number of hydrogen-bond acceptors (Lipinski definition) is 6. The van der Waals surface area contributed by atoms with E-state index < -0.39 is 10.0 Å². The highest BCUT2D eigenvalue weighted by molar-refractivity contribution is 7.89. The topological polar surface area (TPSA) is 120 Å². The lowest BCUT2D eigenvalue weighted by molar-refractivity contribution is 0.0950. The predicted octanol–water partition coefficient (Wildman–Crippen LogP) is 0.449. The van der Waals surface area contributed by atoms with E-state index in [0.29, 0.717) is 36.8 Å². The molecule has 27 heavy (non-hydrogen) atoms. The fraction of sp³-hybridized carbons (Fsp3) is 0.438. The van der Waals surface area contributed by atoms with Crippen molar-refractivity contribution in [3.05, 3.63) is 41.5 Å². The number of sulfonamides is 1. The van der Waals surface area contributed by atoms with E-state index in [1.165, 1.54) is 28.6 Å². The molecule has 0 aliphatic carbocycles. The molecule has 1 saturated heterocycles. The second kappa shape index (κ2) is 9.27. The van der Waals surface area contributed by atoms with E-state index in [1.807, 2.05) is 0 Å². The van der Waals surface area contributed by atoms with Gasteiger partial charge in [0.05, 0.1) is 11.4 Å². The third-order valence-corrected chi connectivity index (χ3v) is 6.02. The lowest BCUT2D eigenvalue weighted by atomic mass is 10.2. The Morgan fingerprint density at radius 3 is 2.63 bits per heavy atom. The molecule has 1 aromatic carbocycles. The van der Waals surface area contributed by atoms with Crippen LogP contribution < -0.4 is 10.6 Å². The van der Waals surface area contributed by atoms with Gasteiger partial charge in [-0.05, 0) is 44.2 Å². The molecule has 3 rings (SSSR count). The van der Waals surface area contributed by atoms with Crippen molar-refractivity contribution >= 4 is 28.3 Å². The quantitative estimate of drug-likeness (QED) is 0.653. The highest BCUT2D eigenvalue weighted by Crippen LogP contribution is 2.17. The summed E-state index contributed by atoms with van der Waals surface area (Å²) in [6.45, 7) is 4.37. The maximum Gasteiger partial charge on any atom is 0.251 e. The Morgan fingerprint density at radius 2 is 1.96 bits per heavy atom. The van der Waals surface area contributed by atoms with E-state index in [4.69, 9.17) is 0 Å². The van der Waals surface area contributed by atoms with E-state index in [1.54, 1.807) is 6.92 Å². The Hall–Kier alpha value is -2.01. The summed E-state index contributed by atoms with van der Waals surface area (Å²) < 4.78 is 26.9. The second-order valence-corrected chi connectivity index (χ2v) is 7.99. The average molecular weight is 415 g/mol. The second-order valence-electron chi connectivity index (χ2n) is 6.05. The van der Waals surface area contributed by atoms with Gasteiger partial charge in [-0.25, -0.2) is 13.4 Å². The minimum absolute atomic E-state index is 0. The van der Waals surface area contributed by atoms with Gasteiger partial charge in [0, 0.05) is 25.2 Å². The maximum atomic E-state index is 12.7. The molecule has 148 valence electrons. The zero-order chi connectivity index (χ0) is 18.6. The summed E-state index contributed by atoms with van der Waals surface area (Å²) in [6, 6.07) is 5.97. The van der Waals surface area contributed by atoms with Gasteiger partial charge in [-0.15, -0.1) is 12.4 Å². The molecule has 0 bridgehead atoms. The van der Waals surface area contributed by atoms with Crippen LogP contribution >= 0.6 is 12.4 Å². The van der Waals surface area contributed by atoms with Gasteiger partial charge in [0.25, 0.3) is 5.91 Å². The third kappa shape index (κ3) is 5.25. The zero-order valence-electron chi connectivity index (χ0n) is 14.9. The summed E-state index contributed by atoms with van der Waals surface area (Å²) in [5.74, 6) is 0.854. The van der Waals surface area contributed by atoms with Crippen LogP contribution in [0.5, 0.6) is 0 Å². The monoisotopic (exact) mass is 414 g/mol. The molecule has 2 aromatic rings. The van der Waals surface area contributed by atoms with Gasteiger partial charge < -0.3 is 10.6 Å². The molecule has 0 radical (unpaired) electrons. The van der Waals surface area contributed by atoms with Crippen molar-refractivity contribution in [3.63, 3.8) is 0 Å². The highest BCUT2D eigenvalue weighted by Gasteiger charge is 2.25. The number of carbonyl (C=O) groups is 1. The molecule has 1 aromatic heterocycles. The normalized spacial score (nSPS) is 15.6. The van der Waals surface area contributed by atoms with Crippen molar-refractivity contribution in [2.75, 3.05) is 26.2 Å². The molecule has 0 atom stereocenters. The van der Waals surface area contributed by atoms with Crippen molar-refractivity contribution in [2.45, 2.75) is 24.8 Å². The summed E-state index contributed by atoms with van der Waals surface area (Å²) in [5, 5.41) is 12.5. The van der Waals surface area contributed by atoms with Crippen LogP contribution in [-0.2, 0) is 16.6 Å². The summed E-state index contributed by atoms with van der Waals surface area (Å²) in [5.41, 5.74) is 0.383. The summed E-state index contributed by atoms with van der Waals surface area (Å²) >= 11 is 0. The van der Waals surface area contributed by atoms with Crippen LogP contribution in [0, 0.1) is 6.92 Å². The van der Waals surface area contributed by atoms with Crippen molar-refractivity contribution in [3.8, 4) is 0 Å². The number of aryl methyl sites for hydroxylation is 1. The number of benzene rings is 1. The SMILES string of the molecule is Cc1nc(CNC(=O)c2ccc(S(=O)(=O)N3CCCNCC3)cc2)n[nH]1.Cl. The van der Waals surface area contributed by atoms with Gasteiger partial charge in [-0.1, -0.05) is 0 Å². The Balaban J connectivity index is 0.00000261. The molecule has 0 spiro atoms. The number of hydrogen-bond donors (Lipinski definition) is 3. The number of aromatic amines is 1. The van der Waals surface area contributed by atoms with Gasteiger partial charge >= 0.3 is 0 Å². The first-order chi connectivity index (χ1) is 12.5. The molecule has 1 aliphatic heterocycles. The van der Waals surface area contributed by atoms with E-state index in [0.717, 1.165) is 13.0 Å². The van der Waals surface area contributed by atoms with Crippen LogP contribution in [-0.4, -0.2) is 60.0 Å². The van der Waals surface area contributed by atoms with Crippen molar-refractivity contribution < 1.29 is 13.2 Å². The van der Waals surface area contributed by atoms with Crippen molar-refractivity contribution in [2.24, 2.45) is 0 Å². The molecule has 0 unspecified atom stereocenters. The maximum absolute atomic E-state index is 12.7. The van der Waals surface area contributed by atoms with Gasteiger partial charge in [-0.3, -0.25) is 9.89 Å². The number of amides is 1. The van der Waals surface area contributed by atoms with Crippen LogP contribution in [0.1, 0.15) is 28.4 Å². The Bertz CT molecular complexity index is 861. The number of rotatable bonds is 5. The van der Waals surface area contributed by atoms with Gasteiger partial charge in [-0.2, -0.15) is 9.40 Å². The number of carbonyl (C=O) groups excluding carboxylic acids is 1. The fourth-order valence-corrected chi connectivity index (χ4v) is 4.20. The van der Waals surface area contributed by atoms with E-state index in [2.05, 4.69) is 25.8 Å². The van der Waals surface area contributed by atoms with Crippen LogP contribution in [0.25, 0.3) is 0 Å². The number of aromatic nitrogens is 3. The first kappa shape index (κ1) is 21.3. The number of halogens is 1. The van der Waals surface area contributed by atoms with E-state index in [-0.39, 0.29) is 29.8 Å². The number of H-pyrrole nitrogens is 1. The Labute approximate surface area is 164 Å². The minimum atomic E-state index is -3.54. The highest BCUT2D eigenvalue weighted by atomic mass is 35.5. The minimum Gasteiger partial charge on any atom is -0.345 e. The van der Waals surface area contributed by atoms with Crippen molar-refractivity contribution in [1.29, 1.82) is 0 Å². The lowest BCUT2D eigenvalue weighted by Gasteiger charge is -2.19. The largest absolute Gasteiger partial charge is 0.345 e. The molecule has 3 N–H and O–H groups in total. The molecule has 1 aliphatic rings. The summed E-state index contributed by atoms with van der Waals surface area (Å²) in [7, 11) is -3.54. The molecule has 1 fully saturated rings. The molecular weight excluding hydrogens is 392 g/mol. The van der Waals surface area contributed by atoms with Gasteiger partial charge in [0.1, 0.15) is 5.82 Å². The van der Waals surface area contributed by atoms with E-state index in [9.17, 15) is 13.2 Å². The molecule has 9 nitrogen and oxygen atoms in total. The zero-order valence-corrected chi connectivity index (χ0v) is 16.6. The number of nitrogens with one attached hydrogen (secondary N) is 3. The first-order valence-electron chi connectivity index (χ1n) is 8.44. The summed E-state index contributed by atoms with van der Waals surface area (Å²) in [4.78, 5) is 16.5. The molecular formula is C16H23ClN6O3S. The van der Waals surface area contributed by atoms with Crippen molar-refractivity contribution in [1.82, 2.24) is 30.1 Å². The van der Waals surface area contributed by atoms with E-state index >= 15 is 0 Å². The number of nitrogens with zero attached hydrogens (tertiary/aromatic N) is 3. The van der Waals surface area contributed by atoms with Crippen LogP contribution in [0.2, 0.25) is 0 Å². The van der Waals surface area contributed by atoms with Crippen LogP contribution in [0.15, 0.2) is 29.2 Å². The smallest absolute Gasteiger partial charge is 0.251 e. The Morgan fingerprint density at radius 1 is 1.22 bits per heavy atom. The lowest BCUT2D eigenvalue weighted by Crippen LogP contribution is -2.34. The van der Waals surface area contributed by atoms with Gasteiger partial charge in [0.15, 0.2) is 5.82 Å². The third-order valence-electron chi connectivity index (χ3n) is 4.10. The average Bonchev–Trinajstić information content (AvgIpc) is 2.87. The Kier molecular flexibility index (Phi) is 7.31. The van der Waals surface area contributed by atoms with Crippen LogP contribution in [0.4, 0.5) is 0 Å².